The number of phenols is 3. The van der Waals surface area contributed by atoms with E-state index in [1.807, 2.05) is 13.8 Å². The lowest BCUT2D eigenvalue weighted by atomic mass is 9.98. The largest absolute Gasteiger partial charge is 0.508 e. The van der Waals surface area contributed by atoms with Crippen LogP contribution in [0.2, 0.25) is 0 Å². The molecule has 0 radical (unpaired) electrons. The van der Waals surface area contributed by atoms with Crippen molar-refractivity contribution in [2.45, 2.75) is 26.1 Å². The second kappa shape index (κ2) is 6.77. The Morgan fingerprint density at radius 1 is 1.04 bits per heavy atom. The standard InChI is InChI=1S/C17H21N3O4/c1-9(2)12-7-13(15(23)8-14(12)22)16(18)20(17(19)24)10-3-5-11(21)6-4-10/h3-9,17-18,21-24H,19H2,1-2H3. The van der Waals surface area contributed by atoms with Gasteiger partial charge in [-0.05, 0) is 41.8 Å². The number of phenolic OH excluding ortho intramolecular Hbond substituents is 3. The van der Waals surface area contributed by atoms with Gasteiger partial charge in [-0.1, -0.05) is 13.8 Å². The Balaban J connectivity index is 2.51. The number of benzene rings is 2. The zero-order valence-electron chi connectivity index (χ0n) is 13.4. The predicted molar refractivity (Wildman–Crippen MR) is 91.5 cm³/mol. The molecule has 0 aliphatic carbocycles. The molecule has 128 valence electrons. The number of rotatable bonds is 4. The molecule has 2 rings (SSSR count). The summed E-state index contributed by atoms with van der Waals surface area (Å²) in [5, 5.41) is 47.6. The summed E-state index contributed by atoms with van der Waals surface area (Å²) in [6, 6.07) is 8.43. The second-order valence-corrected chi connectivity index (χ2v) is 5.73. The van der Waals surface area contributed by atoms with E-state index in [1.54, 1.807) is 0 Å². The van der Waals surface area contributed by atoms with Crippen molar-refractivity contribution in [1.29, 1.82) is 5.41 Å². The van der Waals surface area contributed by atoms with Gasteiger partial charge >= 0.3 is 0 Å². The fourth-order valence-corrected chi connectivity index (χ4v) is 2.40. The number of hydrogen-bond donors (Lipinski definition) is 6. The highest BCUT2D eigenvalue weighted by molar-refractivity contribution is 6.10. The Bertz CT molecular complexity index is 742. The maximum atomic E-state index is 10.1. The average Bonchev–Trinajstić information content (AvgIpc) is 2.48. The van der Waals surface area contributed by atoms with E-state index in [1.165, 1.54) is 30.3 Å². The molecule has 2 aromatic rings. The van der Waals surface area contributed by atoms with E-state index in [-0.39, 0.29) is 34.6 Å². The van der Waals surface area contributed by atoms with E-state index in [0.29, 0.717) is 11.3 Å². The van der Waals surface area contributed by atoms with Crippen LogP contribution in [0.5, 0.6) is 17.2 Å². The molecule has 0 aliphatic heterocycles. The van der Waals surface area contributed by atoms with Crippen LogP contribution in [0.3, 0.4) is 0 Å². The molecule has 0 saturated heterocycles. The van der Waals surface area contributed by atoms with Crippen molar-refractivity contribution in [3.05, 3.63) is 47.5 Å². The van der Waals surface area contributed by atoms with Crippen LogP contribution in [0, 0.1) is 5.41 Å². The van der Waals surface area contributed by atoms with E-state index in [0.717, 1.165) is 11.0 Å². The summed E-state index contributed by atoms with van der Waals surface area (Å²) in [5.74, 6) is -0.599. The van der Waals surface area contributed by atoms with Crippen LogP contribution in [0.4, 0.5) is 5.69 Å². The van der Waals surface area contributed by atoms with Crippen molar-refractivity contribution < 1.29 is 20.4 Å². The normalized spacial score (nSPS) is 12.2. The quantitative estimate of drug-likeness (QED) is 0.288. The number of aliphatic hydroxyl groups is 1. The van der Waals surface area contributed by atoms with Crippen LogP contribution >= 0.6 is 0 Å². The molecule has 0 amide bonds. The van der Waals surface area contributed by atoms with E-state index < -0.39 is 6.35 Å². The number of nitrogens with zero attached hydrogens (tertiary/aromatic N) is 1. The number of hydrogen-bond acceptors (Lipinski definition) is 6. The molecule has 7 N–H and O–H groups in total. The van der Waals surface area contributed by atoms with Crippen molar-refractivity contribution in [1.82, 2.24) is 0 Å². The van der Waals surface area contributed by atoms with Gasteiger partial charge < -0.3 is 20.4 Å². The highest BCUT2D eigenvalue weighted by atomic mass is 16.3. The van der Waals surface area contributed by atoms with Crippen molar-refractivity contribution in [3.8, 4) is 17.2 Å². The molecule has 0 saturated carbocycles. The van der Waals surface area contributed by atoms with Gasteiger partial charge in [-0.15, -0.1) is 0 Å². The molecule has 0 aliphatic rings. The first-order chi connectivity index (χ1) is 11.2. The molecule has 1 unspecified atom stereocenters. The van der Waals surface area contributed by atoms with Gasteiger partial charge in [-0.25, -0.2) is 0 Å². The number of aliphatic hydroxyl groups excluding tert-OH is 1. The lowest BCUT2D eigenvalue weighted by molar-refractivity contribution is 0.192. The van der Waals surface area contributed by atoms with Gasteiger partial charge in [0.2, 0.25) is 0 Å². The first-order valence-electron chi connectivity index (χ1n) is 7.39. The van der Waals surface area contributed by atoms with Crippen LogP contribution < -0.4 is 10.6 Å². The summed E-state index contributed by atoms with van der Waals surface area (Å²) in [4.78, 5) is 1.09. The average molecular weight is 331 g/mol. The highest BCUT2D eigenvalue weighted by Crippen LogP contribution is 2.33. The molecule has 1 atom stereocenters. The Morgan fingerprint density at radius 2 is 1.62 bits per heavy atom. The van der Waals surface area contributed by atoms with Crippen molar-refractivity contribution in [2.24, 2.45) is 5.73 Å². The summed E-state index contributed by atoms with van der Waals surface area (Å²) in [7, 11) is 0. The molecule has 0 spiro atoms. The van der Waals surface area contributed by atoms with Gasteiger partial charge in [0, 0.05) is 11.8 Å². The van der Waals surface area contributed by atoms with E-state index in [9.17, 15) is 20.4 Å². The van der Waals surface area contributed by atoms with Crippen LogP contribution in [-0.2, 0) is 0 Å². The smallest absolute Gasteiger partial charge is 0.186 e. The molecule has 0 bridgehead atoms. The minimum Gasteiger partial charge on any atom is -0.508 e. The number of aromatic hydroxyl groups is 3. The minimum atomic E-state index is -1.53. The van der Waals surface area contributed by atoms with Crippen LogP contribution in [0.1, 0.15) is 30.9 Å². The Labute approximate surface area is 139 Å². The van der Waals surface area contributed by atoms with Crippen LogP contribution in [0.15, 0.2) is 36.4 Å². The maximum Gasteiger partial charge on any atom is 0.186 e. The molecule has 0 aromatic heterocycles. The van der Waals surface area contributed by atoms with E-state index in [4.69, 9.17) is 11.1 Å². The van der Waals surface area contributed by atoms with Crippen molar-refractivity contribution >= 4 is 11.5 Å². The summed E-state index contributed by atoms with van der Waals surface area (Å²) in [6.45, 7) is 3.74. The Morgan fingerprint density at radius 3 is 2.12 bits per heavy atom. The molecule has 7 nitrogen and oxygen atoms in total. The van der Waals surface area contributed by atoms with Crippen molar-refractivity contribution in [2.75, 3.05) is 4.90 Å². The first kappa shape index (κ1) is 17.6. The predicted octanol–water partition coefficient (Wildman–Crippen LogP) is 1.99. The summed E-state index contributed by atoms with van der Waals surface area (Å²) in [5.41, 5.74) is 6.62. The monoisotopic (exact) mass is 331 g/mol. The zero-order valence-corrected chi connectivity index (χ0v) is 13.4. The topological polar surface area (TPSA) is 134 Å². The Kier molecular flexibility index (Phi) is 4.96. The van der Waals surface area contributed by atoms with Gasteiger partial charge in [0.05, 0.1) is 5.56 Å². The molecule has 2 aromatic carbocycles. The van der Waals surface area contributed by atoms with Crippen molar-refractivity contribution in [3.63, 3.8) is 0 Å². The van der Waals surface area contributed by atoms with Gasteiger partial charge in [0.25, 0.3) is 0 Å². The SMILES string of the molecule is CC(C)c1cc(C(=N)N(c2ccc(O)cc2)C(N)O)c(O)cc1O. The molecule has 0 fully saturated rings. The minimum absolute atomic E-state index is 0.0259. The molecule has 0 heterocycles. The highest BCUT2D eigenvalue weighted by Gasteiger charge is 2.23. The zero-order chi connectivity index (χ0) is 18.0. The molecule has 7 heteroatoms. The van der Waals surface area contributed by atoms with E-state index in [2.05, 4.69) is 0 Å². The number of anilines is 1. The molecular formula is C17H21N3O4. The van der Waals surface area contributed by atoms with Gasteiger partial charge in [0.1, 0.15) is 23.1 Å². The number of nitrogens with one attached hydrogen (secondary N) is 1. The third-order valence-corrected chi connectivity index (χ3v) is 3.66. The van der Waals surface area contributed by atoms with Gasteiger partial charge in [0.15, 0.2) is 6.35 Å². The van der Waals surface area contributed by atoms with E-state index >= 15 is 0 Å². The van der Waals surface area contributed by atoms with Crippen LogP contribution in [-0.4, -0.2) is 32.6 Å². The maximum absolute atomic E-state index is 10.1. The molecular weight excluding hydrogens is 310 g/mol. The lowest BCUT2D eigenvalue weighted by Gasteiger charge is -2.28. The summed E-state index contributed by atoms with van der Waals surface area (Å²) in [6.07, 6.45) is -1.53. The summed E-state index contributed by atoms with van der Waals surface area (Å²) < 4.78 is 0. The number of amidine groups is 1. The Hall–Kier alpha value is -2.77. The summed E-state index contributed by atoms with van der Waals surface area (Å²) >= 11 is 0. The fourth-order valence-electron chi connectivity index (χ4n) is 2.40. The van der Waals surface area contributed by atoms with Gasteiger partial charge in [-0.2, -0.15) is 0 Å². The molecule has 24 heavy (non-hydrogen) atoms. The third kappa shape index (κ3) is 3.42. The first-order valence-corrected chi connectivity index (χ1v) is 7.39. The third-order valence-electron chi connectivity index (χ3n) is 3.66. The lowest BCUT2D eigenvalue weighted by Crippen LogP contribution is -2.46. The second-order valence-electron chi connectivity index (χ2n) is 5.73. The fraction of sp³-hybridized carbons (Fsp3) is 0.235. The van der Waals surface area contributed by atoms with Gasteiger partial charge in [-0.3, -0.25) is 16.0 Å². The van der Waals surface area contributed by atoms with Crippen LogP contribution in [0.25, 0.3) is 0 Å². The number of nitrogens with two attached hydrogens (primary N) is 1.